The van der Waals surface area contributed by atoms with Crippen molar-refractivity contribution in [2.75, 3.05) is 4.90 Å². The Morgan fingerprint density at radius 2 is 1.22 bits per heavy atom. The maximum Gasteiger partial charge on any atom is 0.230 e. The van der Waals surface area contributed by atoms with E-state index in [-0.39, 0.29) is 11.8 Å². The number of hydrogen-bond acceptors (Lipinski definition) is 3. The molecule has 3 aromatic rings. The molecule has 0 aliphatic heterocycles. The average Bonchev–Trinajstić information content (AvgIpc) is 2.54. The molecular weight excluding hydrogens is 288 g/mol. The first-order chi connectivity index (χ1) is 11.1. The maximum atomic E-state index is 12.1. The Labute approximate surface area is 133 Å². The minimum Gasteiger partial charge on any atom is -0.274 e. The van der Waals surface area contributed by atoms with Gasteiger partial charge in [-0.05, 0) is 0 Å². The number of nitrogens with zero attached hydrogens (tertiary/aromatic N) is 2. The summed E-state index contributed by atoms with van der Waals surface area (Å²) in [5.74, 6) is -0.699. The molecule has 0 saturated heterocycles. The summed E-state index contributed by atoms with van der Waals surface area (Å²) in [7, 11) is 0. The summed E-state index contributed by atoms with van der Waals surface area (Å²) in [6.07, 6.45) is 0. The van der Waals surface area contributed by atoms with Gasteiger partial charge in [0.15, 0.2) is 0 Å². The number of fused-ring (bicyclic) bond motifs is 2. The molecule has 0 radical (unpaired) electrons. The fourth-order valence-electron chi connectivity index (χ4n) is 3.00. The van der Waals surface area contributed by atoms with Crippen molar-refractivity contribution in [2.24, 2.45) is 0 Å². The number of nitriles is 1. The number of hydrogen-bond donors (Lipinski definition) is 0. The molecule has 0 spiro atoms. The maximum absolute atomic E-state index is 12.1. The number of rotatable bonds is 1. The van der Waals surface area contributed by atoms with E-state index < -0.39 is 0 Å². The van der Waals surface area contributed by atoms with Gasteiger partial charge in [-0.1, -0.05) is 48.5 Å². The summed E-state index contributed by atoms with van der Waals surface area (Å²) in [5.41, 5.74) is 1.09. The van der Waals surface area contributed by atoms with E-state index in [4.69, 9.17) is 0 Å². The van der Waals surface area contributed by atoms with Crippen LogP contribution in [0.5, 0.6) is 0 Å². The molecule has 0 bridgehead atoms. The van der Waals surface area contributed by atoms with Gasteiger partial charge < -0.3 is 0 Å². The van der Waals surface area contributed by atoms with Crippen molar-refractivity contribution >= 4 is 39.0 Å². The van der Waals surface area contributed by atoms with Crippen LogP contribution in [-0.4, -0.2) is 11.8 Å². The van der Waals surface area contributed by atoms with Crippen LogP contribution >= 0.6 is 0 Å². The summed E-state index contributed by atoms with van der Waals surface area (Å²) in [4.78, 5) is 25.3. The van der Waals surface area contributed by atoms with Gasteiger partial charge in [0.25, 0.3) is 0 Å². The smallest absolute Gasteiger partial charge is 0.230 e. The zero-order valence-corrected chi connectivity index (χ0v) is 12.8. The summed E-state index contributed by atoms with van der Waals surface area (Å²) in [6, 6.07) is 16.9. The minimum absolute atomic E-state index is 0.350. The molecule has 0 saturated carbocycles. The highest BCUT2D eigenvalue weighted by Crippen LogP contribution is 2.38. The van der Waals surface area contributed by atoms with Crippen molar-refractivity contribution in [3.05, 3.63) is 54.1 Å². The molecular formula is C19H14N2O2. The number of imide groups is 1. The summed E-state index contributed by atoms with van der Waals surface area (Å²) < 4.78 is 0. The van der Waals surface area contributed by atoms with Gasteiger partial charge in [0.05, 0.1) is 11.3 Å². The molecule has 3 aromatic carbocycles. The van der Waals surface area contributed by atoms with Crippen LogP contribution in [-0.2, 0) is 9.59 Å². The highest BCUT2D eigenvalue weighted by molar-refractivity contribution is 6.25. The highest BCUT2D eigenvalue weighted by atomic mass is 16.2. The van der Waals surface area contributed by atoms with E-state index in [2.05, 4.69) is 6.07 Å². The topological polar surface area (TPSA) is 61.2 Å². The zero-order valence-electron chi connectivity index (χ0n) is 12.8. The second-order valence-electron chi connectivity index (χ2n) is 5.30. The molecule has 0 aromatic heterocycles. The van der Waals surface area contributed by atoms with Crippen LogP contribution in [0.3, 0.4) is 0 Å². The third-order valence-corrected chi connectivity index (χ3v) is 3.87. The summed E-state index contributed by atoms with van der Waals surface area (Å²) in [5, 5.41) is 12.5. The molecule has 0 fully saturated rings. The molecule has 4 heteroatoms. The third-order valence-electron chi connectivity index (χ3n) is 3.87. The summed E-state index contributed by atoms with van der Waals surface area (Å²) in [6.45, 7) is 2.73. The second kappa shape index (κ2) is 5.54. The lowest BCUT2D eigenvalue weighted by atomic mass is 9.94. The molecule has 0 unspecified atom stereocenters. The van der Waals surface area contributed by atoms with Gasteiger partial charge >= 0.3 is 0 Å². The van der Waals surface area contributed by atoms with Crippen molar-refractivity contribution in [3.8, 4) is 6.07 Å². The number of carbonyl (C=O) groups excluding carboxylic acids is 2. The van der Waals surface area contributed by atoms with E-state index in [1.165, 1.54) is 18.7 Å². The molecule has 4 nitrogen and oxygen atoms in total. The quantitative estimate of drug-likeness (QED) is 0.643. The molecule has 23 heavy (non-hydrogen) atoms. The van der Waals surface area contributed by atoms with Gasteiger partial charge in [-0.25, -0.2) is 4.90 Å². The van der Waals surface area contributed by atoms with E-state index >= 15 is 0 Å². The van der Waals surface area contributed by atoms with Gasteiger partial charge in [0.2, 0.25) is 11.8 Å². The predicted octanol–water partition coefficient (Wildman–Crippen LogP) is 3.76. The van der Waals surface area contributed by atoms with Crippen molar-refractivity contribution in [3.63, 3.8) is 0 Å². The third kappa shape index (κ3) is 2.23. The Hall–Kier alpha value is -3.19. The molecule has 0 N–H and O–H groups in total. The number of amides is 2. The van der Waals surface area contributed by atoms with Crippen LogP contribution in [0.25, 0.3) is 21.5 Å². The Kier molecular flexibility index (Phi) is 3.55. The fourth-order valence-corrected chi connectivity index (χ4v) is 3.00. The summed E-state index contributed by atoms with van der Waals surface area (Å²) >= 11 is 0. The van der Waals surface area contributed by atoms with E-state index in [1.807, 2.05) is 48.5 Å². The van der Waals surface area contributed by atoms with Crippen LogP contribution in [0.2, 0.25) is 0 Å². The van der Waals surface area contributed by atoms with Gasteiger partial charge in [-0.15, -0.1) is 0 Å². The van der Waals surface area contributed by atoms with E-state index in [0.29, 0.717) is 22.0 Å². The van der Waals surface area contributed by atoms with Crippen LogP contribution in [0.1, 0.15) is 19.4 Å². The Bertz CT molecular complexity index is 928. The largest absolute Gasteiger partial charge is 0.274 e. The van der Waals surface area contributed by atoms with Crippen LogP contribution in [0.15, 0.2) is 48.5 Å². The molecule has 3 rings (SSSR count). The first-order valence-corrected chi connectivity index (χ1v) is 7.21. The van der Waals surface area contributed by atoms with Crippen molar-refractivity contribution in [1.82, 2.24) is 0 Å². The molecule has 0 aliphatic carbocycles. The predicted molar refractivity (Wildman–Crippen MR) is 90.0 cm³/mol. The zero-order chi connectivity index (χ0) is 16.6. The monoisotopic (exact) mass is 302 g/mol. The van der Waals surface area contributed by atoms with Gasteiger partial charge in [0, 0.05) is 35.4 Å². The lowest BCUT2D eigenvalue weighted by Gasteiger charge is -2.22. The highest BCUT2D eigenvalue weighted by Gasteiger charge is 2.23. The molecule has 112 valence electrons. The number of carbonyl (C=O) groups is 2. The Morgan fingerprint density at radius 1 is 0.826 bits per heavy atom. The Balaban J connectivity index is 2.61. The second-order valence-corrected chi connectivity index (χ2v) is 5.30. The Morgan fingerprint density at radius 3 is 1.57 bits per heavy atom. The molecule has 0 aliphatic rings. The van der Waals surface area contributed by atoms with Crippen molar-refractivity contribution in [1.29, 1.82) is 5.26 Å². The SMILES string of the molecule is CC(=O)N(C(C)=O)c1c2ccccc2c(C#N)c2ccccc12. The number of benzene rings is 3. The van der Waals surface area contributed by atoms with Gasteiger partial charge in [-0.2, -0.15) is 5.26 Å². The van der Waals surface area contributed by atoms with Crippen molar-refractivity contribution < 1.29 is 9.59 Å². The lowest BCUT2D eigenvalue weighted by Crippen LogP contribution is -2.33. The standard InChI is InChI=1S/C19H14N2O2/c1-12(22)21(13(2)23)19-16-9-5-3-7-14(16)18(11-20)15-8-4-6-10-17(15)19/h3-10H,1-2H3. The van der Waals surface area contributed by atoms with Gasteiger partial charge in [-0.3, -0.25) is 9.59 Å². The van der Waals surface area contributed by atoms with Gasteiger partial charge in [0.1, 0.15) is 6.07 Å². The molecule has 0 atom stereocenters. The van der Waals surface area contributed by atoms with Crippen LogP contribution in [0, 0.1) is 11.3 Å². The normalized spacial score (nSPS) is 10.5. The number of anilines is 1. The lowest BCUT2D eigenvalue weighted by molar-refractivity contribution is -0.124. The first-order valence-electron chi connectivity index (χ1n) is 7.21. The van der Waals surface area contributed by atoms with Crippen LogP contribution in [0.4, 0.5) is 5.69 Å². The average molecular weight is 302 g/mol. The van der Waals surface area contributed by atoms with E-state index in [9.17, 15) is 14.9 Å². The first kappa shape index (κ1) is 14.7. The fraction of sp³-hybridized carbons (Fsp3) is 0.105. The molecule has 2 amide bonds. The minimum atomic E-state index is -0.350. The van der Waals surface area contributed by atoms with E-state index in [1.54, 1.807) is 0 Å². The van der Waals surface area contributed by atoms with Crippen LogP contribution < -0.4 is 4.90 Å². The molecule has 0 heterocycles. The van der Waals surface area contributed by atoms with Crippen molar-refractivity contribution in [2.45, 2.75) is 13.8 Å². The van der Waals surface area contributed by atoms with E-state index in [0.717, 1.165) is 10.8 Å².